The average molecular weight is 245 g/mol. The molecule has 0 spiro atoms. The molecule has 0 aliphatic carbocycles. The third kappa shape index (κ3) is 6.36. The van der Waals surface area contributed by atoms with Crippen molar-refractivity contribution in [2.24, 2.45) is 0 Å². The Morgan fingerprint density at radius 1 is 1.35 bits per heavy atom. The van der Waals surface area contributed by atoms with Crippen molar-refractivity contribution < 1.29 is 14.2 Å². The SMILES string of the molecule is CCCNCC1CCC(COC(C)COC)O1. The van der Waals surface area contributed by atoms with E-state index in [2.05, 4.69) is 12.2 Å². The fraction of sp³-hybridized carbons (Fsp3) is 1.00. The molecule has 1 aliphatic rings. The number of nitrogens with one attached hydrogen (secondary N) is 1. The van der Waals surface area contributed by atoms with Gasteiger partial charge in [0.25, 0.3) is 0 Å². The molecule has 1 heterocycles. The van der Waals surface area contributed by atoms with E-state index in [1.54, 1.807) is 7.11 Å². The molecule has 17 heavy (non-hydrogen) atoms. The van der Waals surface area contributed by atoms with E-state index in [0.717, 1.165) is 25.9 Å². The molecule has 4 heteroatoms. The van der Waals surface area contributed by atoms with Crippen molar-refractivity contribution in [2.75, 3.05) is 33.4 Å². The summed E-state index contributed by atoms with van der Waals surface area (Å²) in [5.41, 5.74) is 0. The Kier molecular flexibility index (Phi) is 7.77. The highest BCUT2D eigenvalue weighted by atomic mass is 16.6. The molecule has 0 radical (unpaired) electrons. The summed E-state index contributed by atoms with van der Waals surface area (Å²) in [7, 11) is 1.70. The maximum Gasteiger partial charge on any atom is 0.0814 e. The molecule has 3 atom stereocenters. The molecular formula is C13H27NO3. The number of ether oxygens (including phenoxy) is 3. The Bertz CT molecular complexity index is 190. The summed E-state index contributed by atoms with van der Waals surface area (Å²) >= 11 is 0. The van der Waals surface area contributed by atoms with E-state index in [1.165, 1.54) is 6.42 Å². The van der Waals surface area contributed by atoms with Crippen LogP contribution in [0.5, 0.6) is 0 Å². The molecule has 0 aromatic heterocycles. The highest BCUT2D eigenvalue weighted by Crippen LogP contribution is 2.19. The molecule has 4 nitrogen and oxygen atoms in total. The number of hydrogen-bond acceptors (Lipinski definition) is 4. The van der Waals surface area contributed by atoms with Gasteiger partial charge in [-0.25, -0.2) is 0 Å². The van der Waals surface area contributed by atoms with E-state index < -0.39 is 0 Å². The predicted molar refractivity (Wildman–Crippen MR) is 68.3 cm³/mol. The first-order valence-electron chi connectivity index (χ1n) is 6.73. The van der Waals surface area contributed by atoms with Gasteiger partial charge >= 0.3 is 0 Å². The van der Waals surface area contributed by atoms with Crippen molar-refractivity contribution in [3.05, 3.63) is 0 Å². The Morgan fingerprint density at radius 2 is 2.12 bits per heavy atom. The van der Waals surface area contributed by atoms with Crippen molar-refractivity contribution >= 4 is 0 Å². The lowest BCUT2D eigenvalue weighted by Gasteiger charge is -2.17. The van der Waals surface area contributed by atoms with E-state index in [4.69, 9.17) is 14.2 Å². The maximum absolute atomic E-state index is 5.91. The standard InChI is InChI=1S/C13H27NO3/c1-4-7-14-8-12-5-6-13(17-12)10-16-11(2)9-15-3/h11-14H,4-10H2,1-3H3. The van der Waals surface area contributed by atoms with E-state index >= 15 is 0 Å². The average Bonchev–Trinajstić information content (AvgIpc) is 2.75. The fourth-order valence-corrected chi connectivity index (χ4v) is 2.05. The zero-order chi connectivity index (χ0) is 12.5. The van der Waals surface area contributed by atoms with Crippen LogP contribution in [0.15, 0.2) is 0 Å². The minimum absolute atomic E-state index is 0.154. The summed E-state index contributed by atoms with van der Waals surface area (Å²) in [6.07, 6.45) is 4.21. The zero-order valence-electron chi connectivity index (χ0n) is 11.4. The van der Waals surface area contributed by atoms with Gasteiger partial charge in [-0.3, -0.25) is 0 Å². The summed E-state index contributed by atoms with van der Waals surface area (Å²) in [5.74, 6) is 0. The molecule has 102 valence electrons. The quantitative estimate of drug-likeness (QED) is 0.626. The van der Waals surface area contributed by atoms with Gasteiger partial charge in [-0.15, -0.1) is 0 Å². The number of rotatable bonds is 9. The van der Waals surface area contributed by atoms with Crippen molar-refractivity contribution in [1.29, 1.82) is 0 Å². The monoisotopic (exact) mass is 245 g/mol. The highest BCUT2D eigenvalue weighted by molar-refractivity contribution is 4.75. The normalized spacial score (nSPS) is 26.3. The number of hydrogen-bond donors (Lipinski definition) is 1. The second kappa shape index (κ2) is 8.86. The summed E-state index contributed by atoms with van der Waals surface area (Å²) < 4.78 is 16.6. The molecule has 0 amide bonds. The molecule has 3 unspecified atom stereocenters. The minimum atomic E-state index is 0.154. The molecule has 0 bridgehead atoms. The smallest absolute Gasteiger partial charge is 0.0814 e. The number of methoxy groups -OCH3 is 1. The first-order valence-corrected chi connectivity index (χ1v) is 6.73. The molecule has 0 aromatic carbocycles. The molecule has 1 aliphatic heterocycles. The molecule has 1 fully saturated rings. The minimum Gasteiger partial charge on any atom is -0.382 e. The van der Waals surface area contributed by atoms with Gasteiger partial charge < -0.3 is 19.5 Å². The lowest BCUT2D eigenvalue weighted by Crippen LogP contribution is -2.29. The molecular weight excluding hydrogens is 218 g/mol. The Morgan fingerprint density at radius 3 is 2.82 bits per heavy atom. The van der Waals surface area contributed by atoms with Gasteiger partial charge in [-0.1, -0.05) is 6.92 Å². The van der Waals surface area contributed by atoms with Gasteiger partial charge in [0.1, 0.15) is 0 Å². The summed E-state index contributed by atoms with van der Waals surface area (Å²) in [6, 6.07) is 0. The van der Waals surface area contributed by atoms with Crippen molar-refractivity contribution in [3.63, 3.8) is 0 Å². The van der Waals surface area contributed by atoms with Gasteiger partial charge in [0.2, 0.25) is 0 Å². The third-order valence-electron chi connectivity index (χ3n) is 2.96. The van der Waals surface area contributed by atoms with Gasteiger partial charge in [0.15, 0.2) is 0 Å². The van der Waals surface area contributed by atoms with Crippen LogP contribution in [0, 0.1) is 0 Å². The van der Waals surface area contributed by atoms with Gasteiger partial charge in [0.05, 0.1) is 31.5 Å². The second-order valence-corrected chi connectivity index (χ2v) is 4.76. The predicted octanol–water partition coefficient (Wildman–Crippen LogP) is 1.59. The molecule has 1 rings (SSSR count). The third-order valence-corrected chi connectivity index (χ3v) is 2.96. The van der Waals surface area contributed by atoms with Gasteiger partial charge in [-0.2, -0.15) is 0 Å². The van der Waals surface area contributed by atoms with Crippen LogP contribution in [0.3, 0.4) is 0 Å². The van der Waals surface area contributed by atoms with E-state index in [-0.39, 0.29) is 12.2 Å². The molecule has 0 aromatic rings. The van der Waals surface area contributed by atoms with E-state index in [1.807, 2.05) is 6.92 Å². The maximum atomic E-state index is 5.91. The first kappa shape index (κ1) is 14.9. The van der Waals surface area contributed by atoms with Crippen LogP contribution >= 0.6 is 0 Å². The summed E-state index contributed by atoms with van der Waals surface area (Å²) in [4.78, 5) is 0. The lowest BCUT2D eigenvalue weighted by molar-refractivity contribution is -0.0538. The summed E-state index contributed by atoms with van der Waals surface area (Å²) in [6.45, 7) is 7.59. The molecule has 1 saturated heterocycles. The van der Waals surface area contributed by atoms with Gasteiger partial charge in [0, 0.05) is 13.7 Å². The van der Waals surface area contributed by atoms with Crippen LogP contribution in [0.4, 0.5) is 0 Å². The van der Waals surface area contributed by atoms with E-state index in [9.17, 15) is 0 Å². The van der Waals surface area contributed by atoms with Crippen LogP contribution in [0.1, 0.15) is 33.1 Å². The van der Waals surface area contributed by atoms with Crippen LogP contribution in [-0.4, -0.2) is 51.7 Å². The van der Waals surface area contributed by atoms with Crippen molar-refractivity contribution in [3.8, 4) is 0 Å². The topological polar surface area (TPSA) is 39.7 Å². The van der Waals surface area contributed by atoms with Crippen LogP contribution in [-0.2, 0) is 14.2 Å². The van der Waals surface area contributed by atoms with E-state index in [0.29, 0.717) is 19.3 Å². The Balaban J connectivity index is 2.05. The first-order chi connectivity index (χ1) is 8.26. The van der Waals surface area contributed by atoms with Crippen LogP contribution in [0.25, 0.3) is 0 Å². The Labute approximate surface area is 105 Å². The summed E-state index contributed by atoms with van der Waals surface area (Å²) in [5, 5.41) is 3.40. The largest absolute Gasteiger partial charge is 0.382 e. The van der Waals surface area contributed by atoms with Crippen LogP contribution < -0.4 is 5.32 Å². The zero-order valence-corrected chi connectivity index (χ0v) is 11.4. The fourth-order valence-electron chi connectivity index (χ4n) is 2.05. The molecule has 1 N–H and O–H groups in total. The van der Waals surface area contributed by atoms with Crippen molar-refractivity contribution in [1.82, 2.24) is 5.32 Å². The van der Waals surface area contributed by atoms with Crippen molar-refractivity contribution in [2.45, 2.75) is 51.4 Å². The van der Waals surface area contributed by atoms with Crippen LogP contribution in [0.2, 0.25) is 0 Å². The second-order valence-electron chi connectivity index (χ2n) is 4.76. The highest BCUT2D eigenvalue weighted by Gasteiger charge is 2.25. The lowest BCUT2D eigenvalue weighted by atomic mass is 10.2. The Hall–Kier alpha value is -0.160. The van der Waals surface area contributed by atoms with Gasteiger partial charge in [-0.05, 0) is 32.7 Å². The molecule has 0 saturated carbocycles.